The minimum absolute atomic E-state index is 0.0333. The van der Waals surface area contributed by atoms with E-state index in [0.717, 1.165) is 11.3 Å². The van der Waals surface area contributed by atoms with Crippen molar-refractivity contribution in [2.75, 3.05) is 5.43 Å². The van der Waals surface area contributed by atoms with E-state index in [-0.39, 0.29) is 10.8 Å². The number of para-hydroxylation sites is 2. The smallest absolute Gasteiger partial charge is 0.203 e. The van der Waals surface area contributed by atoms with Crippen LogP contribution in [-0.2, 0) is 15.6 Å². The largest absolute Gasteiger partial charge is 0.277 e. The van der Waals surface area contributed by atoms with Gasteiger partial charge in [-0.25, -0.2) is 13.1 Å². The highest BCUT2D eigenvalue weighted by Gasteiger charge is 2.26. The molecular weight excluding hydrogens is 468 g/mol. The standard InChI is InChI=1S/C29H24N4O2S/c34-36(35,29(24-15-7-2-8-16-24)31-30-25-17-9-3-10-18-25)22-27-21-28(23-13-5-1-6-14-23)32-33(27)26-19-11-4-12-20-26/h1-21,30H,22H2/b31-29+. The maximum atomic E-state index is 13.8. The summed E-state index contributed by atoms with van der Waals surface area (Å²) in [5.41, 5.74) is 7.04. The van der Waals surface area contributed by atoms with Crippen LogP contribution >= 0.6 is 0 Å². The van der Waals surface area contributed by atoms with E-state index in [4.69, 9.17) is 5.10 Å². The molecule has 36 heavy (non-hydrogen) atoms. The monoisotopic (exact) mass is 492 g/mol. The second-order valence-electron chi connectivity index (χ2n) is 8.15. The minimum atomic E-state index is -3.87. The Morgan fingerprint density at radius 1 is 0.750 bits per heavy atom. The van der Waals surface area contributed by atoms with Crippen LogP contribution in [0.4, 0.5) is 5.69 Å². The van der Waals surface area contributed by atoms with Gasteiger partial charge in [0, 0.05) is 11.1 Å². The van der Waals surface area contributed by atoms with Crippen molar-refractivity contribution in [1.29, 1.82) is 0 Å². The predicted molar refractivity (Wildman–Crippen MR) is 145 cm³/mol. The van der Waals surface area contributed by atoms with Crippen LogP contribution in [0.1, 0.15) is 11.3 Å². The van der Waals surface area contributed by atoms with Gasteiger partial charge < -0.3 is 0 Å². The first-order valence-electron chi connectivity index (χ1n) is 11.5. The molecule has 1 N–H and O–H groups in total. The summed E-state index contributed by atoms with van der Waals surface area (Å²) >= 11 is 0. The lowest BCUT2D eigenvalue weighted by Gasteiger charge is -2.11. The average molecular weight is 493 g/mol. The third-order valence-electron chi connectivity index (χ3n) is 5.57. The molecule has 0 aliphatic heterocycles. The maximum absolute atomic E-state index is 13.8. The number of hydrazone groups is 1. The molecule has 6 nitrogen and oxygen atoms in total. The fraction of sp³-hybridized carbons (Fsp3) is 0.0345. The fourth-order valence-corrected chi connectivity index (χ4v) is 5.26. The highest BCUT2D eigenvalue weighted by Crippen LogP contribution is 2.24. The van der Waals surface area contributed by atoms with E-state index in [9.17, 15) is 8.42 Å². The van der Waals surface area contributed by atoms with Gasteiger partial charge in [0.05, 0.1) is 28.5 Å². The summed E-state index contributed by atoms with van der Waals surface area (Å²) in [5, 5.41) is 9.07. The van der Waals surface area contributed by atoms with Crippen molar-refractivity contribution in [3.8, 4) is 16.9 Å². The number of nitrogens with zero attached hydrogens (tertiary/aromatic N) is 3. The van der Waals surface area contributed by atoms with Gasteiger partial charge in [-0.1, -0.05) is 97.1 Å². The van der Waals surface area contributed by atoms with Crippen molar-refractivity contribution in [1.82, 2.24) is 9.78 Å². The Morgan fingerprint density at radius 2 is 1.31 bits per heavy atom. The Bertz CT molecular complexity index is 1570. The Hall–Kier alpha value is -4.49. The van der Waals surface area contributed by atoms with Gasteiger partial charge in [-0.15, -0.1) is 0 Å². The number of nitrogens with one attached hydrogen (secondary N) is 1. The van der Waals surface area contributed by atoms with Gasteiger partial charge in [-0.05, 0) is 30.3 Å². The van der Waals surface area contributed by atoms with Gasteiger partial charge in [-0.3, -0.25) is 5.43 Å². The molecule has 7 heteroatoms. The molecule has 0 unspecified atom stereocenters. The van der Waals surface area contributed by atoms with Crippen LogP contribution < -0.4 is 5.43 Å². The Morgan fingerprint density at radius 3 is 1.94 bits per heavy atom. The van der Waals surface area contributed by atoms with Gasteiger partial charge in [0.2, 0.25) is 9.84 Å². The fourth-order valence-electron chi connectivity index (χ4n) is 3.85. The zero-order valence-electron chi connectivity index (χ0n) is 19.4. The Kier molecular flexibility index (Phi) is 6.73. The van der Waals surface area contributed by atoms with E-state index in [1.807, 2.05) is 103 Å². The number of hydrogen-bond acceptors (Lipinski definition) is 5. The molecule has 0 bridgehead atoms. The number of anilines is 1. The third kappa shape index (κ3) is 5.26. The molecule has 0 radical (unpaired) electrons. The first-order valence-corrected chi connectivity index (χ1v) is 13.1. The first-order chi connectivity index (χ1) is 17.6. The number of sulfone groups is 1. The number of rotatable bonds is 7. The van der Waals surface area contributed by atoms with E-state index in [1.165, 1.54) is 0 Å². The molecule has 0 fully saturated rings. The molecule has 178 valence electrons. The number of hydrogen-bond donors (Lipinski definition) is 1. The topological polar surface area (TPSA) is 76.3 Å². The van der Waals surface area contributed by atoms with Crippen molar-refractivity contribution in [2.24, 2.45) is 5.10 Å². The van der Waals surface area contributed by atoms with Crippen LogP contribution in [0.2, 0.25) is 0 Å². The quantitative estimate of drug-likeness (QED) is 0.174. The van der Waals surface area contributed by atoms with E-state index in [1.54, 1.807) is 28.9 Å². The lowest BCUT2D eigenvalue weighted by atomic mass is 10.1. The Labute approximate surface area is 210 Å². The van der Waals surface area contributed by atoms with Gasteiger partial charge in [0.15, 0.2) is 5.04 Å². The lowest BCUT2D eigenvalue weighted by Crippen LogP contribution is -2.21. The van der Waals surface area contributed by atoms with Crippen LogP contribution in [-0.4, -0.2) is 23.2 Å². The molecule has 0 amide bonds. The molecule has 1 heterocycles. The first kappa shape index (κ1) is 23.3. The normalized spacial score (nSPS) is 11.8. The Balaban J connectivity index is 1.57. The van der Waals surface area contributed by atoms with Crippen LogP contribution in [0.15, 0.2) is 132 Å². The van der Waals surface area contributed by atoms with E-state index >= 15 is 0 Å². The van der Waals surface area contributed by atoms with Crippen molar-refractivity contribution in [2.45, 2.75) is 5.75 Å². The SMILES string of the molecule is O=S(=O)(Cc1cc(-c2ccccc2)nn1-c1ccccc1)/C(=N/Nc1ccccc1)c1ccccc1. The summed E-state index contributed by atoms with van der Waals surface area (Å²) in [6.07, 6.45) is 0. The zero-order chi connectivity index (χ0) is 24.8. The molecule has 0 spiro atoms. The summed E-state index contributed by atoms with van der Waals surface area (Å²) < 4.78 is 29.4. The van der Waals surface area contributed by atoms with Crippen molar-refractivity contribution >= 4 is 20.6 Å². The lowest BCUT2D eigenvalue weighted by molar-refractivity contribution is 0.604. The van der Waals surface area contributed by atoms with Crippen LogP contribution in [0, 0.1) is 0 Å². The number of benzene rings is 4. The molecule has 0 atom stereocenters. The molecule has 0 aliphatic carbocycles. The van der Waals surface area contributed by atoms with Gasteiger partial charge in [0.25, 0.3) is 0 Å². The van der Waals surface area contributed by atoms with Gasteiger partial charge >= 0.3 is 0 Å². The van der Waals surface area contributed by atoms with E-state index < -0.39 is 9.84 Å². The minimum Gasteiger partial charge on any atom is -0.277 e. The maximum Gasteiger partial charge on any atom is 0.203 e. The molecule has 5 rings (SSSR count). The second kappa shape index (κ2) is 10.4. The molecule has 0 saturated carbocycles. The third-order valence-corrected chi connectivity index (χ3v) is 7.16. The van der Waals surface area contributed by atoms with Crippen LogP contribution in [0.25, 0.3) is 16.9 Å². The van der Waals surface area contributed by atoms with Crippen LogP contribution in [0.3, 0.4) is 0 Å². The summed E-state index contributed by atoms with van der Waals surface area (Å²) in [5.74, 6) is -0.272. The van der Waals surface area contributed by atoms with Crippen molar-refractivity contribution in [3.05, 3.63) is 139 Å². The van der Waals surface area contributed by atoms with Crippen LogP contribution in [0.5, 0.6) is 0 Å². The summed E-state index contributed by atoms with van der Waals surface area (Å²) in [6.45, 7) is 0. The molecule has 4 aromatic carbocycles. The zero-order valence-corrected chi connectivity index (χ0v) is 20.2. The molecule has 1 aromatic heterocycles. The van der Waals surface area contributed by atoms with Gasteiger partial charge in [0.1, 0.15) is 0 Å². The van der Waals surface area contributed by atoms with E-state index in [2.05, 4.69) is 10.5 Å². The molecular formula is C29H24N4O2S. The summed E-state index contributed by atoms with van der Waals surface area (Å²) in [7, 11) is -3.87. The van der Waals surface area contributed by atoms with Gasteiger partial charge in [-0.2, -0.15) is 10.2 Å². The summed E-state index contributed by atoms with van der Waals surface area (Å²) in [4.78, 5) is 0. The summed E-state index contributed by atoms with van der Waals surface area (Å²) in [6, 6.07) is 39.2. The van der Waals surface area contributed by atoms with Crippen molar-refractivity contribution < 1.29 is 8.42 Å². The molecule has 0 aliphatic rings. The van der Waals surface area contributed by atoms with Crippen molar-refractivity contribution in [3.63, 3.8) is 0 Å². The average Bonchev–Trinajstić information content (AvgIpc) is 3.34. The molecule has 5 aromatic rings. The highest BCUT2D eigenvalue weighted by atomic mass is 32.2. The second-order valence-corrected chi connectivity index (χ2v) is 10.1. The predicted octanol–water partition coefficient (Wildman–Crippen LogP) is 5.93. The molecule has 0 saturated heterocycles. The van der Waals surface area contributed by atoms with E-state index in [0.29, 0.717) is 22.6 Å². The highest BCUT2D eigenvalue weighted by molar-refractivity contribution is 8.06. The number of aromatic nitrogens is 2.